The van der Waals surface area contributed by atoms with Crippen molar-refractivity contribution in [2.45, 2.75) is 20.8 Å². The maximum atomic E-state index is 13.0. The molecular weight excluding hydrogens is 378 g/mol. The van der Waals surface area contributed by atoms with Gasteiger partial charge in [0.15, 0.2) is 0 Å². The number of aromatic hydroxyl groups is 1. The largest absolute Gasteiger partial charge is 0.508 e. The Labute approximate surface area is 173 Å². The number of fused-ring (bicyclic) bond motifs is 1. The summed E-state index contributed by atoms with van der Waals surface area (Å²) < 4.78 is 5.92. The van der Waals surface area contributed by atoms with Crippen LogP contribution in [0.2, 0.25) is 0 Å². The van der Waals surface area contributed by atoms with Gasteiger partial charge in [0.25, 0.3) is 5.91 Å². The first kappa shape index (κ1) is 19.4. The molecule has 0 radical (unpaired) electrons. The number of rotatable bonds is 3. The van der Waals surface area contributed by atoms with Crippen molar-refractivity contribution in [3.8, 4) is 5.75 Å². The standard InChI is InChI=1S/C24H21N3O3/c1-14-4-9-22(25-13-14)27-23(29)20-11-17-6-8-19(28)12-21(17)30-24(20)26-18-7-5-15(2)16(3)10-18/h4-13,28H,1-3H3,(H,25,27,29). The minimum absolute atomic E-state index is 0.0736. The van der Waals surface area contributed by atoms with E-state index in [-0.39, 0.29) is 22.8 Å². The molecule has 2 heterocycles. The highest BCUT2D eigenvalue weighted by Gasteiger charge is 2.14. The van der Waals surface area contributed by atoms with Gasteiger partial charge in [-0.25, -0.2) is 9.98 Å². The molecule has 0 unspecified atom stereocenters. The second-order valence-corrected chi connectivity index (χ2v) is 7.24. The van der Waals surface area contributed by atoms with Crippen LogP contribution in [-0.4, -0.2) is 16.0 Å². The monoisotopic (exact) mass is 399 g/mol. The van der Waals surface area contributed by atoms with E-state index in [1.165, 1.54) is 6.07 Å². The normalized spacial score (nSPS) is 11.6. The molecule has 0 fully saturated rings. The molecule has 0 aliphatic carbocycles. The van der Waals surface area contributed by atoms with E-state index >= 15 is 0 Å². The lowest BCUT2D eigenvalue weighted by Crippen LogP contribution is -2.22. The highest BCUT2D eigenvalue weighted by Crippen LogP contribution is 2.21. The maximum absolute atomic E-state index is 13.0. The van der Waals surface area contributed by atoms with Crippen LogP contribution in [0.3, 0.4) is 0 Å². The molecule has 6 nitrogen and oxygen atoms in total. The summed E-state index contributed by atoms with van der Waals surface area (Å²) >= 11 is 0. The molecule has 0 atom stereocenters. The van der Waals surface area contributed by atoms with Crippen LogP contribution in [0.1, 0.15) is 27.0 Å². The summed E-state index contributed by atoms with van der Waals surface area (Å²) in [5.74, 6) is 0.130. The second-order valence-electron chi connectivity index (χ2n) is 7.24. The number of hydrogen-bond acceptors (Lipinski definition) is 5. The van der Waals surface area contributed by atoms with Gasteiger partial charge >= 0.3 is 0 Å². The van der Waals surface area contributed by atoms with E-state index in [1.54, 1.807) is 30.5 Å². The van der Waals surface area contributed by atoms with Crippen LogP contribution in [0.5, 0.6) is 5.75 Å². The van der Waals surface area contributed by atoms with E-state index in [0.29, 0.717) is 22.5 Å². The predicted molar refractivity (Wildman–Crippen MR) is 116 cm³/mol. The lowest BCUT2D eigenvalue weighted by atomic mass is 10.1. The topological polar surface area (TPSA) is 87.7 Å². The van der Waals surface area contributed by atoms with Gasteiger partial charge in [0.1, 0.15) is 22.7 Å². The number of phenols is 1. The van der Waals surface area contributed by atoms with Crippen LogP contribution >= 0.6 is 0 Å². The molecule has 0 aliphatic heterocycles. The molecule has 4 rings (SSSR count). The summed E-state index contributed by atoms with van der Waals surface area (Å²) in [5, 5.41) is 13.3. The maximum Gasteiger partial charge on any atom is 0.262 e. The lowest BCUT2D eigenvalue weighted by Gasteiger charge is -2.07. The Morgan fingerprint density at radius 3 is 2.57 bits per heavy atom. The van der Waals surface area contributed by atoms with Crippen molar-refractivity contribution in [1.82, 2.24) is 4.98 Å². The number of carbonyl (C=O) groups is 1. The first-order valence-electron chi connectivity index (χ1n) is 9.52. The van der Waals surface area contributed by atoms with Crippen molar-refractivity contribution in [1.29, 1.82) is 0 Å². The molecule has 150 valence electrons. The molecular formula is C24H21N3O3. The molecule has 2 aromatic carbocycles. The van der Waals surface area contributed by atoms with Gasteiger partial charge < -0.3 is 14.8 Å². The summed E-state index contributed by atoms with van der Waals surface area (Å²) in [6.07, 6.45) is 1.68. The SMILES string of the molecule is Cc1ccc(NC(=O)c2cc3ccc(O)cc3oc2=Nc2ccc(C)c(C)c2)nc1. The zero-order chi connectivity index (χ0) is 21.3. The van der Waals surface area contributed by atoms with Crippen molar-refractivity contribution >= 4 is 28.4 Å². The fourth-order valence-corrected chi connectivity index (χ4v) is 2.99. The lowest BCUT2D eigenvalue weighted by molar-refractivity contribution is 0.102. The van der Waals surface area contributed by atoms with E-state index in [9.17, 15) is 9.90 Å². The zero-order valence-corrected chi connectivity index (χ0v) is 16.9. The first-order chi connectivity index (χ1) is 14.4. The molecule has 0 aliphatic rings. The number of amides is 1. The summed E-state index contributed by atoms with van der Waals surface area (Å²) in [5.41, 5.74) is 4.77. The molecule has 4 aromatic rings. The third-order valence-electron chi connectivity index (χ3n) is 4.85. The summed E-state index contributed by atoms with van der Waals surface area (Å²) in [4.78, 5) is 21.8. The molecule has 1 amide bonds. The number of phenolic OH excluding ortho intramolecular Hbond substituents is 1. The van der Waals surface area contributed by atoms with Gasteiger partial charge in [-0.2, -0.15) is 0 Å². The third-order valence-corrected chi connectivity index (χ3v) is 4.85. The number of pyridine rings is 1. The van der Waals surface area contributed by atoms with Gasteiger partial charge in [0.05, 0.1) is 5.69 Å². The average molecular weight is 399 g/mol. The number of anilines is 1. The number of nitrogens with one attached hydrogen (secondary N) is 1. The summed E-state index contributed by atoms with van der Waals surface area (Å²) in [7, 11) is 0. The average Bonchev–Trinajstić information content (AvgIpc) is 2.72. The predicted octanol–water partition coefficient (Wildman–Crippen LogP) is 4.94. The Morgan fingerprint density at radius 2 is 1.83 bits per heavy atom. The fourth-order valence-electron chi connectivity index (χ4n) is 2.99. The van der Waals surface area contributed by atoms with Gasteiger partial charge in [0.2, 0.25) is 5.55 Å². The number of hydrogen-bond donors (Lipinski definition) is 2. The Kier molecular flexibility index (Phi) is 5.06. The van der Waals surface area contributed by atoms with E-state index < -0.39 is 0 Å². The van der Waals surface area contributed by atoms with Gasteiger partial charge in [-0.15, -0.1) is 0 Å². The van der Waals surface area contributed by atoms with Crippen LogP contribution in [0.25, 0.3) is 11.0 Å². The van der Waals surface area contributed by atoms with Crippen molar-refractivity contribution in [3.05, 3.63) is 88.6 Å². The van der Waals surface area contributed by atoms with Crippen molar-refractivity contribution in [3.63, 3.8) is 0 Å². The third kappa shape index (κ3) is 4.07. The Bertz CT molecular complexity index is 1320. The Morgan fingerprint density at radius 1 is 1.00 bits per heavy atom. The quantitative estimate of drug-likeness (QED) is 0.511. The van der Waals surface area contributed by atoms with Gasteiger partial charge in [-0.3, -0.25) is 4.79 Å². The molecule has 6 heteroatoms. The molecule has 2 N–H and O–H groups in total. The molecule has 0 spiro atoms. The van der Waals surface area contributed by atoms with Crippen LogP contribution in [-0.2, 0) is 0 Å². The molecule has 30 heavy (non-hydrogen) atoms. The number of nitrogens with zero attached hydrogens (tertiary/aromatic N) is 2. The minimum Gasteiger partial charge on any atom is -0.508 e. The van der Waals surface area contributed by atoms with Crippen LogP contribution < -0.4 is 10.9 Å². The van der Waals surface area contributed by atoms with E-state index in [2.05, 4.69) is 15.3 Å². The molecule has 0 saturated carbocycles. The second kappa shape index (κ2) is 7.83. The van der Waals surface area contributed by atoms with Gasteiger partial charge in [-0.05, 0) is 73.9 Å². The van der Waals surface area contributed by atoms with Gasteiger partial charge in [-0.1, -0.05) is 12.1 Å². The minimum atomic E-state index is -0.382. The highest BCUT2D eigenvalue weighted by atomic mass is 16.3. The highest BCUT2D eigenvalue weighted by molar-refractivity contribution is 6.05. The number of aryl methyl sites for hydroxylation is 3. The Balaban J connectivity index is 1.85. The summed E-state index contributed by atoms with van der Waals surface area (Å²) in [6, 6.07) is 15.8. The zero-order valence-electron chi connectivity index (χ0n) is 16.9. The van der Waals surface area contributed by atoms with Crippen molar-refractivity contribution < 1.29 is 14.3 Å². The first-order valence-corrected chi connectivity index (χ1v) is 9.52. The molecule has 0 saturated heterocycles. The Hall–Kier alpha value is -3.93. The van der Waals surface area contributed by atoms with Crippen LogP contribution in [0, 0.1) is 20.8 Å². The van der Waals surface area contributed by atoms with Crippen LogP contribution in [0.4, 0.5) is 11.5 Å². The number of benzene rings is 2. The van der Waals surface area contributed by atoms with Crippen molar-refractivity contribution in [2.24, 2.45) is 4.99 Å². The van der Waals surface area contributed by atoms with E-state index in [1.807, 2.05) is 45.0 Å². The molecule has 0 bridgehead atoms. The number of carbonyl (C=O) groups excluding carboxylic acids is 1. The smallest absolute Gasteiger partial charge is 0.262 e. The van der Waals surface area contributed by atoms with E-state index in [0.717, 1.165) is 16.7 Å². The number of aromatic nitrogens is 1. The van der Waals surface area contributed by atoms with E-state index in [4.69, 9.17) is 4.42 Å². The fraction of sp³-hybridized carbons (Fsp3) is 0.125. The van der Waals surface area contributed by atoms with Crippen LogP contribution in [0.15, 0.2) is 70.2 Å². The summed E-state index contributed by atoms with van der Waals surface area (Å²) in [6.45, 7) is 5.95. The molecule has 2 aromatic heterocycles. The van der Waals surface area contributed by atoms with Gasteiger partial charge in [0, 0.05) is 17.6 Å². The van der Waals surface area contributed by atoms with Crippen molar-refractivity contribution in [2.75, 3.05) is 5.32 Å².